The number of rotatable bonds is 5. The molecule has 6 rings (SSSR count). The predicted molar refractivity (Wildman–Crippen MR) is 148 cm³/mol. The van der Waals surface area contributed by atoms with Crippen LogP contribution in [0.1, 0.15) is 41.0 Å². The number of likely N-dealkylation sites (tertiary alicyclic amines) is 1. The molecule has 206 valence electrons. The Morgan fingerprint density at radius 2 is 1.95 bits per heavy atom. The number of carbonyl (C=O) groups excluding carboxylic acids is 1. The van der Waals surface area contributed by atoms with Gasteiger partial charge in [-0.1, -0.05) is 31.2 Å². The highest BCUT2D eigenvalue weighted by atomic mass is 35.5. The molecule has 9 nitrogen and oxygen atoms in total. The topological polar surface area (TPSA) is 109 Å². The summed E-state index contributed by atoms with van der Waals surface area (Å²) in [5.74, 6) is -1.52. The van der Waals surface area contributed by atoms with Crippen LogP contribution in [0, 0.1) is 11.6 Å². The number of hydrogen-bond acceptors (Lipinski definition) is 8. The molecule has 2 aromatic heterocycles. The van der Waals surface area contributed by atoms with Crippen molar-refractivity contribution in [1.82, 2.24) is 25.2 Å². The Bertz CT molecular complexity index is 1600. The van der Waals surface area contributed by atoms with Crippen molar-refractivity contribution >= 4 is 35.2 Å². The second kappa shape index (κ2) is 11.1. The van der Waals surface area contributed by atoms with Crippen LogP contribution >= 0.6 is 11.6 Å². The van der Waals surface area contributed by atoms with Gasteiger partial charge in [0.25, 0.3) is 5.91 Å². The molecule has 0 saturated carbocycles. The lowest BCUT2D eigenvalue weighted by Gasteiger charge is -2.14. The Balaban J connectivity index is 0.00000323. The van der Waals surface area contributed by atoms with Gasteiger partial charge in [0.05, 0.1) is 23.5 Å². The van der Waals surface area contributed by atoms with E-state index in [4.69, 9.17) is 16.0 Å². The number of nitrogens with zero attached hydrogens (tertiary/aromatic N) is 5. The lowest BCUT2D eigenvalue weighted by Crippen LogP contribution is -2.33. The van der Waals surface area contributed by atoms with Crippen LogP contribution in [0.25, 0.3) is 11.3 Å². The van der Waals surface area contributed by atoms with Gasteiger partial charge in [0.2, 0.25) is 5.95 Å². The van der Waals surface area contributed by atoms with Crippen molar-refractivity contribution in [3.8, 4) is 11.3 Å². The number of nitrogens with one attached hydrogen (secondary N) is 2. The van der Waals surface area contributed by atoms with Crippen LogP contribution < -0.4 is 10.6 Å². The Morgan fingerprint density at radius 1 is 1.15 bits per heavy atom. The lowest BCUT2D eigenvalue weighted by atomic mass is 9.95. The van der Waals surface area contributed by atoms with Gasteiger partial charge in [-0.3, -0.25) is 15.1 Å². The first-order chi connectivity index (χ1) is 18.9. The molecule has 0 spiro atoms. The van der Waals surface area contributed by atoms with Gasteiger partial charge in [0.1, 0.15) is 17.9 Å². The molecule has 2 N–H and O–H groups in total. The molecule has 4 aromatic rings. The van der Waals surface area contributed by atoms with Crippen LogP contribution in [0.2, 0.25) is 5.02 Å². The van der Waals surface area contributed by atoms with Crippen LogP contribution in [0.3, 0.4) is 0 Å². The average Bonchev–Trinajstić information content (AvgIpc) is 3.57. The third-order valence-corrected chi connectivity index (χ3v) is 7.02. The summed E-state index contributed by atoms with van der Waals surface area (Å²) < 4.78 is 35.0. The van der Waals surface area contributed by atoms with Crippen LogP contribution in [-0.4, -0.2) is 57.6 Å². The van der Waals surface area contributed by atoms with E-state index >= 15 is 0 Å². The molecule has 2 aliphatic rings. The van der Waals surface area contributed by atoms with Crippen molar-refractivity contribution in [2.24, 2.45) is 4.99 Å². The number of benzene rings is 2. The molecule has 1 amide bonds. The zero-order chi connectivity index (χ0) is 27.1. The Kier molecular flexibility index (Phi) is 7.59. The molecule has 12 heteroatoms. The Hall–Kier alpha value is -4.22. The number of aromatic nitrogens is 3. The summed E-state index contributed by atoms with van der Waals surface area (Å²) >= 11 is 6.28. The average molecular weight is 566 g/mol. The van der Waals surface area contributed by atoms with Crippen molar-refractivity contribution in [3.63, 3.8) is 0 Å². The first kappa shape index (κ1) is 27.4. The molecule has 1 fully saturated rings. The standard InChI is InChI=1S/C27H22ClF2N7O2.CH4/c1-31-16-7-8-37(12-16)25(38)21-13-39-27(34-21)36-26-33-11-14-10-32-24(22-19(29)3-2-4-20(22)30)18-9-15(28)5-6-17(18)23(14)35-26;/h2-6,9,11,13,16,31H,7-8,10,12H2,1H3,(H,33,34,35,36);1H4. The minimum Gasteiger partial charge on any atom is -0.431 e. The minimum absolute atomic E-state index is 0. The predicted octanol–water partition coefficient (Wildman–Crippen LogP) is 5.23. The second-order valence-electron chi connectivity index (χ2n) is 9.21. The van der Waals surface area contributed by atoms with Gasteiger partial charge in [-0.15, -0.1) is 0 Å². The van der Waals surface area contributed by atoms with E-state index in [2.05, 4.69) is 30.6 Å². The van der Waals surface area contributed by atoms with Crippen molar-refractivity contribution in [1.29, 1.82) is 0 Å². The maximum atomic E-state index is 14.8. The van der Waals surface area contributed by atoms with Gasteiger partial charge >= 0.3 is 6.01 Å². The van der Waals surface area contributed by atoms with Crippen molar-refractivity contribution < 1.29 is 18.0 Å². The molecular weight excluding hydrogens is 540 g/mol. The van der Waals surface area contributed by atoms with Crippen LogP contribution in [0.4, 0.5) is 20.7 Å². The summed E-state index contributed by atoms with van der Waals surface area (Å²) in [6, 6.07) is 8.98. The van der Waals surface area contributed by atoms with Crippen molar-refractivity contribution in [3.05, 3.63) is 87.9 Å². The summed E-state index contributed by atoms with van der Waals surface area (Å²) in [4.78, 5) is 32.3. The Labute approximate surface area is 234 Å². The number of hydrogen-bond donors (Lipinski definition) is 2. The number of aliphatic imine (C=N–C) groups is 1. The van der Waals surface area contributed by atoms with Gasteiger partial charge in [-0.25, -0.2) is 18.7 Å². The number of oxazole rings is 1. The van der Waals surface area contributed by atoms with E-state index in [1.165, 1.54) is 24.5 Å². The van der Waals surface area contributed by atoms with E-state index in [1.54, 1.807) is 29.3 Å². The number of fused-ring (bicyclic) bond motifs is 3. The van der Waals surface area contributed by atoms with E-state index < -0.39 is 11.6 Å². The van der Waals surface area contributed by atoms with E-state index in [-0.39, 0.29) is 54.9 Å². The van der Waals surface area contributed by atoms with Crippen LogP contribution in [-0.2, 0) is 6.54 Å². The molecule has 2 aliphatic heterocycles. The molecule has 1 atom stereocenters. The van der Waals surface area contributed by atoms with E-state index in [1.807, 2.05) is 7.05 Å². The van der Waals surface area contributed by atoms with Crippen molar-refractivity contribution in [2.75, 3.05) is 25.5 Å². The molecule has 0 radical (unpaired) electrons. The summed E-state index contributed by atoms with van der Waals surface area (Å²) in [6.45, 7) is 1.33. The Morgan fingerprint density at radius 3 is 2.70 bits per heavy atom. The normalized spacial score (nSPS) is 15.9. The largest absolute Gasteiger partial charge is 0.431 e. The van der Waals surface area contributed by atoms with E-state index in [0.717, 1.165) is 6.42 Å². The zero-order valence-corrected chi connectivity index (χ0v) is 21.5. The third-order valence-electron chi connectivity index (χ3n) is 6.79. The number of anilines is 2. The molecule has 40 heavy (non-hydrogen) atoms. The molecule has 0 aliphatic carbocycles. The lowest BCUT2D eigenvalue weighted by molar-refractivity contribution is 0.0784. The summed E-state index contributed by atoms with van der Waals surface area (Å²) in [5, 5.41) is 6.45. The monoisotopic (exact) mass is 565 g/mol. The van der Waals surface area contributed by atoms with Gasteiger partial charge < -0.3 is 14.6 Å². The fourth-order valence-corrected chi connectivity index (χ4v) is 4.96. The van der Waals surface area contributed by atoms with Gasteiger partial charge in [0.15, 0.2) is 5.69 Å². The van der Waals surface area contributed by atoms with Crippen molar-refractivity contribution in [2.45, 2.75) is 26.4 Å². The highest BCUT2D eigenvalue weighted by molar-refractivity contribution is 6.31. The van der Waals surface area contributed by atoms with E-state index in [9.17, 15) is 13.6 Å². The van der Waals surface area contributed by atoms with Gasteiger partial charge in [-0.05, 0) is 37.7 Å². The van der Waals surface area contributed by atoms with Crippen LogP contribution in [0.15, 0.2) is 58.3 Å². The molecule has 4 heterocycles. The minimum atomic E-state index is -0.733. The third kappa shape index (κ3) is 5.05. The number of halogens is 3. The molecule has 2 aromatic carbocycles. The zero-order valence-electron chi connectivity index (χ0n) is 20.7. The van der Waals surface area contributed by atoms with E-state index in [0.29, 0.717) is 40.5 Å². The maximum Gasteiger partial charge on any atom is 0.302 e. The first-order valence-corrected chi connectivity index (χ1v) is 12.6. The number of likely N-dealkylation sites (N-methyl/N-ethyl adjacent to an activating group) is 1. The highest BCUT2D eigenvalue weighted by Crippen LogP contribution is 2.34. The smallest absolute Gasteiger partial charge is 0.302 e. The first-order valence-electron chi connectivity index (χ1n) is 12.3. The molecule has 1 saturated heterocycles. The summed E-state index contributed by atoms with van der Waals surface area (Å²) in [6.07, 6.45) is 3.74. The number of amides is 1. The fraction of sp³-hybridized carbons (Fsp3) is 0.250. The highest BCUT2D eigenvalue weighted by Gasteiger charge is 2.28. The second-order valence-corrected chi connectivity index (χ2v) is 9.64. The quantitative estimate of drug-likeness (QED) is 0.341. The maximum absolute atomic E-state index is 14.8. The SMILES string of the molecule is C.CNC1CCN(C(=O)c2coc(Nc3ncc4c(n3)-c3ccc(Cl)cc3C(c3c(F)cccc3F)=NC4)n2)C1. The van der Waals surface area contributed by atoms with Crippen LogP contribution in [0.5, 0.6) is 0 Å². The molecule has 1 unspecified atom stereocenters. The molecule has 0 bridgehead atoms. The van der Waals surface area contributed by atoms with Gasteiger partial charge in [-0.2, -0.15) is 4.98 Å². The number of carbonyl (C=O) groups is 1. The van der Waals surface area contributed by atoms with Gasteiger partial charge in [0, 0.05) is 47.0 Å². The summed E-state index contributed by atoms with van der Waals surface area (Å²) in [5.41, 5.74) is 2.23. The summed E-state index contributed by atoms with van der Waals surface area (Å²) in [7, 11) is 1.87. The molecular formula is C28H26ClF2N7O2. The fourth-order valence-electron chi connectivity index (χ4n) is 4.79.